The van der Waals surface area contributed by atoms with Gasteiger partial charge in [0.15, 0.2) is 11.3 Å². The Labute approximate surface area is 156 Å². The van der Waals surface area contributed by atoms with Gasteiger partial charge in [0.2, 0.25) is 10.7 Å². The van der Waals surface area contributed by atoms with E-state index in [4.69, 9.17) is 23.4 Å². The van der Waals surface area contributed by atoms with E-state index in [9.17, 15) is 18.7 Å². The number of alkyl halides is 2. The minimum absolute atomic E-state index is 0.0417. The Hall–Kier alpha value is -2.20. The van der Waals surface area contributed by atoms with Crippen LogP contribution in [-0.2, 0) is 15.1 Å². The van der Waals surface area contributed by atoms with Crippen molar-refractivity contribution in [3.05, 3.63) is 17.9 Å². The van der Waals surface area contributed by atoms with Crippen LogP contribution >= 0.6 is 11.8 Å². The molecule has 1 aromatic carbocycles. The second-order valence-electron chi connectivity index (χ2n) is 6.27. The van der Waals surface area contributed by atoms with Crippen LogP contribution < -0.4 is 14.2 Å². The van der Waals surface area contributed by atoms with Crippen molar-refractivity contribution in [1.82, 2.24) is 0 Å². The minimum Gasteiger partial charge on any atom is -0.495 e. The first-order chi connectivity index (χ1) is 12.8. The summed E-state index contributed by atoms with van der Waals surface area (Å²) >= 11 is 0.534. The van der Waals surface area contributed by atoms with Crippen molar-refractivity contribution < 1.29 is 42.0 Å². The lowest BCUT2D eigenvalue weighted by Crippen LogP contribution is -2.46. The van der Waals surface area contributed by atoms with Crippen LogP contribution in [0, 0.1) is 0 Å². The molecule has 10 heteroatoms. The van der Waals surface area contributed by atoms with Gasteiger partial charge in [-0.25, -0.2) is 8.78 Å². The van der Waals surface area contributed by atoms with Crippen molar-refractivity contribution >= 4 is 28.7 Å². The van der Waals surface area contributed by atoms with Crippen molar-refractivity contribution in [1.29, 1.82) is 0 Å². The van der Waals surface area contributed by atoms with Crippen molar-refractivity contribution in [3.8, 4) is 17.2 Å². The summed E-state index contributed by atoms with van der Waals surface area (Å²) in [7, 11) is 3.82. The molecule has 7 nitrogen and oxygen atoms in total. The van der Waals surface area contributed by atoms with E-state index in [1.165, 1.54) is 20.5 Å². The van der Waals surface area contributed by atoms with Crippen LogP contribution in [0.25, 0.3) is 11.0 Å². The fraction of sp³-hybridized carbons (Fsp3) is 0.471. The summed E-state index contributed by atoms with van der Waals surface area (Å²) in [4.78, 5) is 10.2. The summed E-state index contributed by atoms with van der Waals surface area (Å²) < 4.78 is 54.6. The molecule has 0 saturated carbocycles. The van der Waals surface area contributed by atoms with Crippen molar-refractivity contribution in [3.63, 3.8) is 0 Å². The average Bonchev–Trinajstić information content (AvgIpc) is 3.21. The minimum atomic E-state index is -2.99. The Morgan fingerprint density at radius 3 is 2.63 bits per heavy atom. The van der Waals surface area contributed by atoms with Crippen LogP contribution in [0.3, 0.4) is 0 Å². The third kappa shape index (κ3) is 2.19. The molecule has 0 spiro atoms. The molecule has 4 rings (SSSR count). The molecule has 2 aliphatic rings. The number of methoxy groups -OCH3 is 3. The number of carbonyl (C=O) groups is 1. The molecular weight excluding hydrogens is 386 g/mol. The van der Waals surface area contributed by atoms with Gasteiger partial charge in [0.1, 0.15) is 16.6 Å². The number of aliphatic hydroxyl groups is 1. The molecular formula is C17H16F2O7S. The maximum absolute atomic E-state index is 14.0. The van der Waals surface area contributed by atoms with E-state index in [1.54, 1.807) is 6.07 Å². The summed E-state index contributed by atoms with van der Waals surface area (Å²) in [6.45, 7) is 0. The third-order valence-electron chi connectivity index (χ3n) is 4.91. The first-order valence-electron chi connectivity index (χ1n) is 7.93. The van der Waals surface area contributed by atoms with Gasteiger partial charge in [-0.15, -0.1) is 0 Å². The fourth-order valence-corrected chi connectivity index (χ4v) is 5.31. The Morgan fingerprint density at radius 2 is 2.04 bits per heavy atom. The van der Waals surface area contributed by atoms with Gasteiger partial charge in [0.25, 0.3) is 6.43 Å². The number of fused-ring (bicyclic) bond motifs is 5. The zero-order chi connectivity index (χ0) is 19.6. The Bertz CT molecular complexity index is 930. The van der Waals surface area contributed by atoms with Crippen LogP contribution in [0.5, 0.6) is 17.2 Å². The zero-order valence-corrected chi connectivity index (χ0v) is 15.4. The SMILES string of the molecule is COC(=O)[C@H]1S[C@]2(C(F)F)C[C@@]1(O)c1c(c(OC)c3occc3c1OC)O2. The predicted octanol–water partition coefficient (Wildman–Crippen LogP) is 2.67. The second kappa shape index (κ2) is 5.90. The molecule has 1 N–H and O–H groups in total. The van der Waals surface area contributed by atoms with E-state index >= 15 is 0 Å². The molecule has 0 aliphatic carbocycles. The van der Waals surface area contributed by atoms with E-state index in [2.05, 4.69) is 0 Å². The van der Waals surface area contributed by atoms with Crippen LogP contribution in [0.1, 0.15) is 12.0 Å². The summed E-state index contributed by atoms with van der Waals surface area (Å²) in [5.41, 5.74) is -1.72. The highest BCUT2D eigenvalue weighted by Crippen LogP contribution is 2.66. The number of furan rings is 1. The lowest BCUT2D eigenvalue weighted by Gasteiger charge is -2.38. The number of esters is 1. The average molecular weight is 402 g/mol. The van der Waals surface area contributed by atoms with E-state index in [0.717, 1.165) is 7.11 Å². The number of hydrogen-bond acceptors (Lipinski definition) is 8. The van der Waals surface area contributed by atoms with E-state index in [0.29, 0.717) is 17.1 Å². The lowest BCUT2D eigenvalue weighted by atomic mass is 9.81. The molecule has 2 bridgehead atoms. The van der Waals surface area contributed by atoms with Gasteiger partial charge in [-0.05, 0) is 6.07 Å². The molecule has 0 radical (unpaired) electrons. The number of ether oxygens (including phenoxy) is 4. The first-order valence-corrected chi connectivity index (χ1v) is 8.81. The van der Waals surface area contributed by atoms with E-state index in [-0.39, 0.29) is 28.4 Å². The van der Waals surface area contributed by atoms with Gasteiger partial charge in [0, 0.05) is 6.42 Å². The van der Waals surface area contributed by atoms with Crippen LogP contribution in [0.15, 0.2) is 16.7 Å². The molecule has 2 aromatic rings. The molecule has 0 unspecified atom stereocenters. The van der Waals surface area contributed by atoms with Crippen molar-refractivity contribution in [2.45, 2.75) is 28.6 Å². The number of carbonyl (C=O) groups excluding carboxylic acids is 1. The van der Waals surface area contributed by atoms with E-state index < -0.39 is 34.6 Å². The summed E-state index contributed by atoms with van der Waals surface area (Å²) in [6, 6.07) is 1.59. The highest BCUT2D eigenvalue weighted by molar-refractivity contribution is 8.02. The predicted molar refractivity (Wildman–Crippen MR) is 90.6 cm³/mol. The number of benzene rings is 1. The molecule has 2 aliphatic heterocycles. The molecule has 3 atom stereocenters. The normalized spacial score (nSPS) is 28.8. The standard InChI is InChI=1S/C17H16F2O7S/c1-22-9-7-4-5-25-10(7)12(23-2)11-8(9)16(21)6-17(26-11,15(18)19)27-13(16)14(20)24-3/h4-5,13,15,21H,6H2,1-3H3/t13-,16-,17+/m1/s1. The lowest BCUT2D eigenvalue weighted by molar-refractivity contribution is -0.147. The second-order valence-corrected chi connectivity index (χ2v) is 7.67. The zero-order valence-electron chi connectivity index (χ0n) is 14.6. The van der Waals surface area contributed by atoms with Gasteiger partial charge >= 0.3 is 5.97 Å². The summed E-state index contributed by atoms with van der Waals surface area (Å²) in [6.07, 6.45) is -2.13. The Balaban J connectivity index is 2.09. The number of thioether (sulfide) groups is 1. The molecule has 1 saturated heterocycles. The molecule has 1 aromatic heterocycles. The fourth-order valence-electron chi connectivity index (χ4n) is 3.79. The smallest absolute Gasteiger partial charge is 0.322 e. The molecule has 0 amide bonds. The monoisotopic (exact) mass is 402 g/mol. The van der Waals surface area contributed by atoms with Crippen LogP contribution in [0.2, 0.25) is 0 Å². The quantitative estimate of drug-likeness (QED) is 0.782. The van der Waals surface area contributed by atoms with Gasteiger partial charge in [0.05, 0.1) is 38.5 Å². The number of rotatable bonds is 4. The Morgan fingerprint density at radius 1 is 1.33 bits per heavy atom. The highest BCUT2D eigenvalue weighted by Gasteiger charge is 2.69. The summed E-state index contributed by atoms with van der Waals surface area (Å²) in [5, 5.41) is 10.6. The van der Waals surface area contributed by atoms with Crippen LogP contribution in [-0.4, -0.2) is 49.0 Å². The molecule has 27 heavy (non-hydrogen) atoms. The van der Waals surface area contributed by atoms with Gasteiger partial charge in [-0.3, -0.25) is 4.79 Å². The first kappa shape index (κ1) is 18.2. The molecule has 3 heterocycles. The van der Waals surface area contributed by atoms with Gasteiger partial charge in [-0.1, -0.05) is 11.8 Å². The molecule has 146 valence electrons. The largest absolute Gasteiger partial charge is 0.495 e. The van der Waals surface area contributed by atoms with Gasteiger partial charge in [-0.2, -0.15) is 0 Å². The summed E-state index contributed by atoms with van der Waals surface area (Å²) in [5.74, 6) is -0.768. The maximum atomic E-state index is 14.0. The maximum Gasteiger partial charge on any atom is 0.322 e. The van der Waals surface area contributed by atoms with Crippen molar-refractivity contribution in [2.24, 2.45) is 0 Å². The molecule has 1 fully saturated rings. The Kier molecular flexibility index (Phi) is 3.97. The van der Waals surface area contributed by atoms with E-state index in [1.807, 2.05) is 0 Å². The number of hydrogen-bond donors (Lipinski definition) is 1. The van der Waals surface area contributed by atoms with Gasteiger partial charge < -0.3 is 28.5 Å². The third-order valence-corrected chi connectivity index (χ3v) is 6.53. The highest BCUT2D eigenvalue weighted by atomic mass is 32.2. The van der Waals surface area contributed by atoms with Crippen LogP contribution in [0.4, 0.5) is 8.78 Å². The topological polar surface area (TPSA) is 87.4 Å². The number of halogens is 2. The van der Waals surface area contributed by atoms with Crippen molar-refractivity contribution in [2.75, 3.05) is 21.3 Å².